The number of para-hydroxylation sites is 1. The van der Waals surface area contributed by atoms with Crippen LogP contribution in [-0.2, 0) is 0 Å². The quantitative estimate of drug-likeness (QED) is 0.563. The molecular weight excluding hydrogens is 302 g/mol. The Balaban J connectivity index is 1.64. The van der Waals surface area contributed by atoms with Crippen molar-refractivity contribution in [3.05, 3.63) is 53.6 Å². The zero-order valence-electron chi connectivity index (χ0n) is 12.0. The molecule has 116 valence electrons. The maximum Gasteiger partial charge on any atom is 0.319 e. The normalized spacial score (nSPS) is 10.0. The van der Waals surface area contributed by atoms with E-state index in [4.69, 9.17) is 22.1 Å². The molecule has 2 aromatic carbocycles. The molecule has 4 N–H and O–H groups in total. The highest BCUT2D eigenvalue weighted by molar-refractivity contribution is 6.33. The topological polar surface area (TPSA) is 76.4 Å². The number of benzene rings is 2. The lowest BCUT2D eigenvalue weighted by molar-refractivity contribution is 0.250. The summed E-state index contributed by atoms with van der Waals surface area (Å²) in [6.45, 7) is 1.05. The van der Waals surface area contributed by atoms with Crippen molar-refractivity contribution in [2.24, 2.45) is 0 Å². The number of amides is 2. The van der Waals surface area contributed by atoms with Crippen LogP contribution in [0.3, 0.4) is 0 Å². The van der Waals surface area contributed by atoms with Crippen molar-refractivity contribution in [2.45, 2.75) is 6.42 Å². The summed E-state index contributed by atoms with van der Waals surface area (Å²) in [5.74, 6) is 0.823. The first kappa shape index (κ1) is 16.0. The number of rotatable bonds is 6. The summed E-state index contributed by atoms with van der Waals surface area (Å²) in [5, 5.41) is 5.85. The Kier molecular flexibility index (Phi) is 5.91. The van der Waals surface area contributed by atoms with Crippen LogP contribution in [0.25, 0.3) is 0 Å². The van der Waals surface area contributed by atoms with Crippen molar-refractivity contribution >= 4 is 29.0 Å². The second kappa shape index (κ2) is 8.14. The second-order valence-corrected chi connectivity index (χ2v) is 5.04. The minimum Gasteiger partial charge on any atom is -0.494 e. The molecule has 2 amide bonds. The van der Waals surface area contributed by atoms with Gasteiger partial charge in [0, 0.05) is 12.2 Å². The van der Waals surface area contributed by atoms with E-state index in [0.29, 0.717) is 36.0 Å². The molecule has 0 aliphatic rings. The lowest BCUT2D eigenvalue weighted by Crippen LogP contribution is -2.30. The predicted octanol–water partition coefficient (Wildman–Crippen LogP) is 3.51. The smallest absolute Gasteiger partial charge is 0.319 e. The average molecular weight is 320 g/mol. The fourth-order valence-corrected chi connectivity index (χ4v) is 1.94. The number of nitrogen functional groups attached to an aromatic ring is 1. The first-order valence-corrected chi connectivity index (χ1v) is 7.30. The lowest BCUT2D eigenvalue weighted by atomic mass is 10.3. The fourth-order valence-electron chi connectivity index (χ4n) is 1.76. The summed E-state index contributed by atoms with van der Waals surface area (Å²) in [7, 11) is 0. The highest BCUT2D eigenvalue weighted by Crippen LogP contribution is 2.22. The number of hydrogen-bond donors (Lipinski definition) is 3. The van der Waals surface area contributed by atoms with Crippen LogP contribution in [0.15, 0.2) is 48.5 Å². The Morgan fingerprint density at radius 3 is 2.68 bits per heavy atom. The molecular formula is C16H18ClN3O2. The van der Waals surface area contributed by atoms with Crippen LogP contribution < -0.4 is 21.1 Å². The van der Waals surface area contributed by atoms with Crippen molar-refractivity contribution in [1.82, 2.24) is 5.32 Å². The third kappa shape index (κ3) is 5.18. The van der Waals surface area contributed by atoms with Crippen LogP contribution in [0.1, 0.15) is 6.42 Å². The van der Waals surface area contributed by atoms with Gasteiger partial charge in [-0.15, -0.1) is 0 Å². The van der Waals surface area contributed by atoms with E-state index in [2.05, 4.69) is 10.6 Å². The molecule has 0 radical (unpaired) electrons. The first-order chi connectivity index (χ1) is 10.6. The van der Waals surface area contributed by atoms with E-state index in [1.165, 1.54) is 0 Å². The lowest BCUT2D eigenvalue weighted by Gasteiger charge is -2.09. The Morgan fingerprint density at radius 1 is 1.18 bits per heavy atom. The summed E-state index contributed by atoms with van der Waals surface area (Å²) in [4.78, 5) is 11.7. The number of carbonyl (C=O) groups excluding carboxylic acids is 1. The highest BCUT2D eigenvalue weighted by Gasteiger charge is 2.03. The fraction of sp³-hybridized carbons (Fsp3) is 0.188. The van der Waals surface area contributed by atoms with Gasteiger partial charge < -0.3 is 21.1 Å². The van der Waals surface area contributed by atoms with Gasteiger partial charge in [0.2, 0.25) is 0 Å². The van der Waals surface area contributed by atoms with Crippen LogP contribution in [0.5, 0.6) is 5.75 Å². The second-order valence-electron chi connectivity index (χ2n) is 4.63. The van der Waals surface area contributed by atoms with E-state index in [1.807, 2.05) is 30.3 Å². The van der Waals surface area contributed by atoms with Gasteiger partial charge in [0.05, 0.1) is 17.3 Å². The maximum absolute atomic E-state index is 11.7. The van der Waals surface area contributed by atoms with Gasteiger partial charge in [-0.25, -0.2) is 4.79 Å². The number of ether oxygens (including phenoxy) is 1. The molecule has 0 atom stereocenters. The monoisotopic (exact) mass is 319 g/mol. The highest BCUT2D eigenvalue weighted by atomic mass is 35.5. The molecule has 0 bridgehead atoms. The minimum absolute atomic E-state index is 0.291. The van der Waals surface area contributed by atoms with Gasteiger partial charge in [-0.2, -0.15) is 0 Å². The summed E-state index contributed by atoms with van der Waals surface area (Å²) >= 11 is 5.89. The molecule has 0 aliphatic carbocycles. The maximum atomic E-state index is 11.7. The van der Waals surface area contributed by atoms with E-state index < -0.39 is 0 Å². The minimum atomic E-state index is -0.291. The van der Waals surface area contributed by atoms with Gasteiger partial charge in [-0.05, 0) is 36.8 Å². The van der Waals surface area contributed by atoms with E-state index in [0.717, 1.165) is 5.75 Å². The van der Waals surface area contributed by atoms with E-state index in [-0.39, 0.29) is 6.03 Å². The van der Waals surface area contributed by atoms with Gasteiger partial charge in [0.25, 0.3) is 0 Å². The third-order valence-corrected chi connectivity index (χ3v) is 3.20. The standard InChI is InChI=1S/C16H18ClN3O2/c17-14-11-12(7-8-15(14)18)20-16(21)19-9-4-10-22-13-5-2-1-3-6-13/h1-3,5-8,11H,4,9-10,18H2,(H2,19,20,21). The number of halogens is 1. The Labute approximate surface area is 134 Å². The first-order valence-electron chi connectivity index (χ1n) is 6.93. The van der Waals surface area contributed by atoms with Crippen LogP contribution in [0.2, 0.25) is 5.02 Å². The van der Waals surface area contributed by atoms with Gasteiger partial charge in [-0.1, -0.05) is 29.8 Å². The van der Waals surface area contributed by atoms with Crippen LogP contribution in [0.4, 0.5) is 16.2 Å². The van der Waals surface area contributed by atoms with E-state index in [9.17, 15) is 4.79 Å². The number of carbonyl (C=O) groups is 1. The van der Waals surface area contributed by atoms with E-state index >= 15 is 0 Å². The van der Waals surface area contributed by atoms with Gasteiger partial charge in [0.1, 0.15) is 5.75 Å². The molecule has 0 saturated heterocycles. The zero-order chi connectivity index (χ0) is 15.8. The number of urea groups is 1. The van der Waals surface area contributed by atoms with Crippen molar-refractivity contribution in [1.29, 1.82) is 0 Å². The Morgan fingerprint density at radius 2 is 1.95 bits per heavy atom. The molecule has 0 unspecified atom stereocenters. The molecule has 22 heavy (non-hydrogen) atoms. The van der Waals surface area contributed by atoms with Crippen molar-refractivity contribution in [3.8, 4) is 5.75 Å². The summed E-state index contributed by atoms with van der Waals surface area (Å²) in [6, 6.07) is 14.2. The van der Waals surface area contributed by atoms with Crippen molar-refractivity contribution < 1.29 is 9.53 Å². The molecule has 2 aromatic rings. The Bertz CT molecular complexity index is 620. The number of nitrogens with one attached hydrogen (secondary N) is 2. The molecule has 0 heterocycles. The molecule has 0 spiro atoms. The zero-order valence-corrected chi connectivity index (χ0v) is 12.8. The molecule has 0 fully saturated rings. The SMILES string of the molecule is Nc1ccc(NC(=O)NCCCOc2ccccc2)cc1Cl. The summed E-state index contributed by atoms with van der Waals surface area (Å²) in [5.41, 5.74) is 6.68. The molecule has 5 nitrogen and oxygen atoms in total. The summed E-state index contributed by atoms with van der Waals surface area (Å²) in [6.07, 6.45) is 0.713. The predicted molar refractivity (Wildman–Crippen MR) is 89.4 cm³/mol. The average Bonchev–Trinajstić information content (AvgIpc) is 2.52. The number of nitrogens with two attached hydrogens (primary N) is 1. The number of hydrogen-bond acceptors (Lipinski definition) is 3. The molecule has 6 heteroatoms. The van der Waals surface area contributed by atoms with Gasteiger partial charge in [-0.3, -0.25) is 0 Å². The number of anilines is 2. The van der Waals surface area contributed by atoms with Gasteiger partial charge >= 0.3 is 6.03 Å². The molecule has 0 saturated carbocycles. The van der Waals surface area contributed by atoms with Crippen LogP contribution in [-0.4, -0.2) is 19.2 Å². The molecule has 2 rings (SSSR count). The summed E-state index contributed by atoms with van der Waals surface area (Å²) < 4.78 is 5.53. The van der Waals surface area contributed by atoms with Crippen LogP contribution >= 0.6 is 11.6 Å². The van der Waals surface area contributed by atoms with Crippen molar-refractivity contribution in [3.63, 3.8) is 0 Å². The van der Waals surface area contributed by atoms with Crippen LogP contribution in [0, 0.1) is 0 Å². The van der Waals surface area contributed by atoms with Gasteiger partial charge in [0.15, 0.2) is 0 Å². The molecule has 0 aliphatic heterocycles. The van der Waals surface area contributed by atoms with Crippen molar-refractivity contribution in [2.75, 3.05) is 24.2 Å². The molecule has 0 aromatic heterocycles. The Hall–Kier alpha value is -2.40. The third-order valence-electron chi connectivity index (χ3n) is 2.88. The largest absolute Gasteiger partial charge is 0.494 e. The van der Waals surface area contributed by atoms with E-state index in [1.54, 1.807) is 18.2 Å².